The number of carboxylic acids is 1. The van der Waals surface area contributed by atoms with E-state index in [1.165, 1.54) is 0 Å². The Morgan fingerprint density at radius 1 is 1.38 bits per heavy atom. The first kappa shape index (κ1) is 19.5. The molecule has 8 heteroatoms. The fraction of sp³-hybridized carbons (Fsp3) is 0.619. The van der Waals surface area contributed by atoms with Crippen LogP contribution in [-0.4, -0.2) is 52.3 Å². The van der Waals surface area contributed by atoms with Crippen molar-refractivity contribution in [3.8, 4) is 6.07 Å². The van der Waals surface area contributed by atoms with Crippen molar-refractivity contribution < 1.29 is 19.4 Å². The van der Waals surface area contributed by atoms with Gasteiger partial charge >= 0.3 is 12.1 Å². The number of anilines is 1. The number of rotatable bonds is 3. The van der Waals surface area contributed by atoms with Gasteiger partial charge in [0.15, 0.2) is 0 Å². The van der Waals surface area contributed by atoms with E-state index >= 15 is 0 Å². The van der Waals surface area contributed by atoms with Gasteiger partial charge in [0.25, 0.3) is 0 Å². The van der Waals surface area contributed by atoms with Gasteiger partial charge < -0.3 is 19.6 Å². The Labute approximate surface area is 170 Å². The van der Waals surface area contributed by atoms with Crippen molar-refractivity contribution in [1.82, 2.24) is 9.88 Å². The average molecular weight is 398 g/mol. The molecule has 0 bridgehead atoms. The van der Waals surface area contributed by atoms with Crippen molar-refractivity contribution in [2.24, 2.45) is 11.8 Å². The van der Waals surface area contributed by atoms with Crippen LogP contribution in [0.5, 0.6) is 0 Å². The molecule has 1 aliphatic carbocycles. The third kappa shape index (κ3) is 3.74. The number of carbonyl (C=O) groups is 2. The molecule has 29 heavy (non-hydrogen) atoms. The van der Waals surface area contributed by atoms with Crippen molar-refractivity contribution in [3.63, 3.8) is 0 Å². The Kier molecular flexibility index (Phi) is 4.85. The summed E-state index contributed by atoms with van der Waals surface area (Å²) in [7, 11) is 0. The average Bonchev–Trinajstić information content (AvgIpc) is 3.42. The predicted octanol–water partition coefficient (Wildman–Crippen LogP) is 2.55. The lowest BCUT2D eigenvalue weighted by Gasteiger charge is -2.39. The minimum Gasteiger partial charge on any atom is -0.481 e. The highest BCUT2D eigenvalue weighted by atomic mass is 16.6. The summed E-state index contributed by atoms with van der Waals surface area (Å²) in [5.74, 6) is -1.12. The van der Waals surface area contributed by atoms with Crippen LogP contribution in [0.1, 0.15) is 49.9 Å². The van der Waals surface area contributed by atoms with Gasteiger partial charge in [-0.25, -0.2) is 4.79 Å². The summed E-state index contributed by atoms with van der Waals surface area (Å²) in [6.07, 6.45) is 4.23. The Morgan fingerprint density at radius 3 is 2.76 bits per heavy atom. The lowest BCUT2D eigenvalue weighted by Crippen LogP contribution is -2.44. The van der Waals surface area contributed by atoms with Gasteiger partial charge in [0.2, 0.25) is 0 Å². The highest BCUT2D eigenvalue weighted by Gasteiger charge is 2.43. The van der Waals surface area contributed by atoms with Crippen molar-refractivity contribution in [2.45, 2.75) is 51.7 Å². The highest BCUT2D eigenvalue weighted by Crippen LogP contribution is 2.40. The molecule has 1 amide bonds. The zero-order valence-corrected chi connectivity index (χ0v) is 16.8. The molecule has 1 saturated carbocycles. The summed E-state index contributed by atoms with van der Waals surface area (Å²) < 4.78 is 5.58. The van der Waals surface area contributed by atoms with Crippen LogP contribution in [0.25, 0.3) is 0 Å². The van der Waals surface area contributed by atoms with Gasteiger partial charge in [-0.3, -0.25) is 9.78 Å². The van der Waals surface area contributed by atoms with Crippen molar-refractivity contribution >= 4 is 17.7 Å². The third-order valence-corrected chi connectivity index (χ3v) is 6.42. The number of hydrogen-bond donors (Lipinski definition) is 1. The number of carbonyl (C=O) groups excluding carboxylic acids is 1. The largest absolute Gasteiger partial charge is 0.481 e. The molecule has 0 spiro atoms. The second-order valence-electron chi connectivity index (χ2n) is 8.70. The Bertz CT molecular complexity index is 889. The molecule has 2 atom stereocenters. The Hall–Kier alpha value is -2.82. The summed E-state index contributed by atoms with van der Waals surface area (Å²) in [6.45, 7) is 5.96. The van der Waals surface area contributed by atoms with Crippen LogP contribution in [0, 0.1) is 23.2 Å². The predicted molar refractivity (Wildman–Crippen MR) is 104 cm³/mol. The van der Waals surface area contributed by atoms with E-state index in [1.807, 2.05) is 13.8 Å². The first-order chi connectivity index (χ1) is 13.8. The molecule has 0 radical (unpaired) electrons. The number of aromatic nitrogens is 1. The first-order valence-corrected chi connectivity index (χ1v) is 10.2. The minimum atomic E-state index is -0.757. The standard InChI is InChI=1S/C21H26N4O4/c1-13-11-24(7-3-15(13)19(26)27)18-14(9-22)10-23-17-12-25(8-4-16(17)18)20(28)29-21(2)5-6-21/h10,13,15H,3-8,11-12H2,1-2H3,(H,26,27)/t13-,15+/m1/s1. The molecule has 154 valence electrons. The molecule has 0 unspecified atom stereocenters. The van der Waals surface area contributed by atoms with Gasteiger partial charge in [0.1, 0.15) is 11.7 Å². The number of nitriles is 1. The van der Waals surface area contributed by atoms with Crippen LogP contribution in [0.3, 0.4) is 0 Å². The Balaban J connectivity index is 1.57. The molecule has 2 aliphatic heterocycles. The van der Waals surface area contributed by atoms with E-state index in [-0.39, 0.29) is 23.5 Å². The zero-order valence-electron chi connectivity index (χ0n) is 16.8. The molecular formula is C21H26N4O4. The number of nitrogens with zero attached hydrogens (tertiary/aromatic N) is 4. The number of pyridine rings is 1. The summed E-state index contributed by atoms with van der Waals surface area (Å²) in [5.41, 5.74) is 2.83. The summed E-state index contributed by atoms with van der Waals surface area (Å²) in [6, 6.07) is 2.24. The van der Waals surface area contributed by atoms with E-state index < -0.39 is 5.97 Å². The quantitative estimate of drug-likeness (QED) is 0.834. The second kappa shape index (κ2) is 7.21. The maximum Gasteiger partial charge on any atom is 0.410 e. The van der Waals surface area contributed by atoms with E-state index in [2.05, 4.69) is 16.0 Å². The van der Waals surface area contributed by atoms with Crippen molar-refractivity contribution in [2.75, 3.05) is 24.5 Å². The van der Waals surface area contributed by atoms with Gasteiger partial charge in [0.05, 0.1) is 29.4 Å². The highest BCUT2D eigenvalue weighted by molar-refractivity contribution is 5.73. The molecule has 3 aliphatic rings. The van der Waals surface area contributed by atoms with E-state index in [9.17, 15) is 20.0 Å². The summed E-state index contributed by atoms with van der Waals surface area (Å²) >= 11 is 0. The number of ether oxygens (including phenoxy) is 1. The van der Waals surface area contributed by atoms with Gasteiger partial charge in [0, 0.05) is 31.4 Å². The lowest BCUT2D eigenvalue weighted by molar-refractivity contribution is -0.144. The number of carboxylic acid groups (broad SMARTS) is 1. The number of amides is 1. The van der Waals surface area contributed by atoms with Gasteiger partial charge in [-0.1, -0.05) is 6.92 Å². The smallest absolute Gasteiger partial charge is 0.410 e. The molecule has 8 nitrogen and oxygen atoms in total. The van der Waals surface area contributed by atoms with Gasteiger partial charge in [-0.05, 0) is 38.5 Å². The molecule has 1 aromatic heterocycles. The monoisotopic (exact) mass is 398 g/mol. The van der Waals surface area contributed by atoms with Crippen molar-refractivity contribution in [3.05, 3.63) is 23.0 Å². The fourth-order valence-corrected chi connectivity index (χ4v) is 4.35. The minimum absolute atomic E-state index is 0.00837. The van der Waals surface area contributed by atoms with Crippen LogP contribution in [0.4, 0.5) is 10.5 Å². The number of fused-ring (bicyclic) bond motifs is 1. The van der Waals surface area contributed by atoms with Gasteiger partial charge in [-0.2, -0.15) is 5.26 Å². The fourth-order valence-electron chi connectivity index (χ4n) is 4.35. The number of aliphatic carboxylic acids is 1. The number of piperidine rings is 1. The lowest BCUT2D eigenvalue weighted by atomic mass is 9.86. The number of hydrogen-bond acceptors (Lipinski definition) is 6. The molecule has 1 saturated heterocycles. The van der Waals surface area contributed by atoms with E-state index in [1.54, 1.807) is 11.1 Å². The molecule has 2 fully saturated rings. The normalized spacial score (nSPS) is 25.0. The molecule has 3 heterocycles. The summed E-state index contributed by atoms with van der Waals surface area (Å²) in [4.78, 5) is 32.2. The van der Waals surface area contributed by atoms with Gasteiger partial charge in [-0.15, -0.1) is 0 Å². The van der Waals surface area contributed by atoms with Crippen LogP contribution >= 0.6 is 0 Å². The molecule has 4 rings (SSSR count). The second-order valence-corrected chi connectivity index (χ2v) is 8.70. The summed E-state index contributed by atoms with van der Waals surface area (Å²) in [5, 5.41) is 19.0. The van der Waals surface area contributed by atoms with Crippen LogP contribution < -0.4 is 4.90 Å². The molecule has 0 aromatic carbocycles. The maximum atomic E-state index is 12.5. The SMILES string of the molecule is C[C@@H]1CN(c2c(C#N)cnc3c2CCN(C(=O)OC2(C)CC2)C3)CC[C@@H]1C(=O)O. The van der Waals surface area contributed by atoms with E-state index in [0.717, 1.165) is 29.8 Å². The van der Waals surface area contributed by atoms with Crippen LogP contribution in [0.2, 0.25) is 0 Å². The van der Waals surface area contributed by atoms with Crippen LogP contribution in [-0.2, 0) is 22.5 Å². The maximum absolute atomic E-state index is 12.5. The zero-order chi connectivity index (χ0) is 20.8. The van der Waals surface area contributed by atoms with Crippen LogP contribution in [0.15, 0.2) is 6.20 Å². The van der Waals surface area contributed by atoms with Crippen molar-refractivity contribution in [1.29, 1.82) is 5.26 Å². The Morgan fingerprint density at radius 2 is 2.14 bits per heavy atom. The first-order valence-electron chi connectivity index (χ1n) is 10.2. The molecule has 1 N–H and O–H groups in total. The van der Waals surface area contributed by atoms with E-state index in [0.29, 0.717) is 44.6 Å². The topological polar surface area (TPSA) is 107 Å². The molecule has 1 aromatic rings. The molecular weight excluding hydrogens is 372 g/mol. The third-order valence-electron chi connectivity index (χ3n) is 6.42. The van der Waals surface area contributed by atoms with E-state index in [4.69, 9.17) is 4.74 Å².